The van der Waals surface area contributed by atoms with Gasteiger partial charge in [-0.2, -0.15) is 0 Å². The van der Waals surface area contributed by atoms with Crippen LogP contribution < -0.4 is 0 Å². The van der Waals surface area contributed by atoms with Gasteiger partial charge in [0.2, 0.25) is 0 Å². The molecule has 1 aliphatic heterocycles. The van der Waals surface area contributed by atoms with Gasteiger partial charge in [0.15, 0.2) is 0 Å². The van der Waals surface area contributed by atoms with E-state index in [1.807, 2.05) is 13.8 Å². The number of aliphatic hydroxyl groups excluding tert-OH is 1. The molecule has 1 N–H and O–H groups in total. The average molecular weight is 114 g/mol. The van der Waals surface area contributed by atoms with Crippen molar-refractivity contribution in [1.82, 2.24) is 0 Å². The van der Waals surface area contributed by atoms with Crippen LogP contribution >= 0.6 is 0 Å². The molecule has 0 amide bonds. The molecule has 0 spiro atoms. The summed E-state index contributed by atoms with van der Waals surface area (Å²) in [4.78, 5) is 0. The Labute approximate surface area is 48.8 Å². The highest BCUT2D eigenvalue weighted by molar-refractivity contribution is 5.13. The second-order valence-electron chi connectivity index (χ2n) is 2.08. The minimum absolute atomic E-state index is 0.120. The Bertz CT molecular complexity index is 126. The van der Waals surface area contributed by atoms with Gasteiger partial charge in [0.1, 0.15) is 12.4 Å². The summed E-state index contributed by atoms with van der Waals surface area (Å²) in [6.07, 6.45) is 0.120. The van der Waals surface area contributed by atoms with E-state index in [1.165, 1.54) is 0 Å². The normalized spacial score (nSPS) is 29.5. The van der Waals surface area contributed by atoms with E-state index in [-0.39, 0.29) is 6.10 Å². The van der Waals surface area contributed by atoms with Gasteiger partial charge >= 0.3 is 0 Å². The fourth-order valence-corrected chi connectivity index (χ4v) is 0.677. The van der Waals surface area contributed by atoms with Gasteiger partial charge in [0.05, 0.1) is 6.10 Å². The van der Waals surface area contributed by atoms with Crippen LogP contribution in [0.1, 0.15) is 13.8 Å². The third-order valence-electron chi connectivity index (χ3n) is 1.54. The molecule has 0 radical (unpaired) electrons. The first-order valence-corrected chi connectivity index (χ1v) is 2.72. The molecule has 1 aliphatic rings. The molecule has 0 aromatic heterocycles. The molecule has 1 rings (SSSR count). The van der Waals surface area contributed by atoms with Gasteiger partial charge in [0, 0.05) is 0 Å². The van der Waals surface area contributed by atoms with E-state index < -0.39 is 0 Å². The Kier molecular flexibility index (Phi) is 1.26. The van der Waals surface area contributed by atoms with Crippen LogP contribution in [0.2, 0.25) is 0 Å². The van der Waals surface area contributed by atoms with Crippen LogP contribution in [-0.2, 0) is 4.74 Å². The van der Waals surface area contributed by atoms with Crippen LogP contribution in [0.15, 0.2) is 11.3 Å². The van der Waals surface area contributed by atoms with Crippen molar-refractivity contribution in [2.24, 2.45) is 0 Å². The highest BCUT2D eigenvalue weighted by Crippen LogP contribution is 2.17. The summed E-state index contributed by atoms with van der Waals surface area (Å²) in [5.41, 5.74) is 0.963. The van der Waals surface area contributed by atoms with Gasteiger partial charge in [-0.25, -0.2) is 0 Å². The van der Waals surface area contributed by atoms with Crippen molar-refractivity contribution in [2.75, 3.05) is 6.61 Å². The lowest BCUT2D eigenvalue weighted by Crippen LogP contribution is -2.00. The van der Waals surface area contributed by atoms with Gasteiger partial charge in [-0.1, -0.05) is 0 Å². The molecule has 8 heavy (non-hydrogen) atoms. The molecule has 0 aromatic rings. The Hall–Kier alpha value is -0.500. The summed E-state index contributed by atoms with van der Waals surface area (Å²) < 4.78 is 5.05. The predicted molar refractivity (Wildman–Crippen MR) is 30.7 cm³/mol. The molecule has 0 saturated carbocycles. The maximum Gasteiger partial charge on any atom is 0.119 e. The Balaban J connectivity index is 2.71. The summed E-state index contributed by atoms with van der Waals surface area (Å²) in [6, 6.07) is 0. The van der Waals surface area contributed by atoms with E-state index in [0.717, 1.165) is 5.57 Å². The van der Waals surface area contributed by atoms with Crippen molar-refractivity contribution < 1.29 is 9.84 Å². The fourth-order valence-electron chi connectivity index (χ4n) is 0.677. The SMILES string of the molecule is CC1=C(O)COC1C. The number of hydrogen-bond donors (Lipinski definition) is 1. The first-order valence-electron chi connectivity index (χ1n) is 2.72. The predicted octanol–water partition coefficient (Wildman–Crippen LogP) is 1.24. The van der Waals surface area contributed by atoms with Crippen LogP contribution in [0.5, 0.6) is 0 Å². The van der Waals surface area contributed by atoms with Crippen LogP contribution in [0.4, 0.5) is 0 Å². The minimum Gasteiger partial charge on any atom is -0.510 e. The molecule has 0 fully saturated rings. The topological polar surface area (TPSA) is 29.5 Å². The minimum atomic E-state index is 0.120. The lowest BCUT2D eigenvalue weighted by molar-refractivity contribution is 0.121. The zero-order valence-corrected chi connectivity index (χ0v) is 5.14. The van der Waals surface area contributed by atoms with Crippen LogP contribution in [0.3, 0.4) is 0 Å². The van der Waals surface area contributed by atoms with E-state index in [2.05, 4.69) is 0 Å². The van der Waals surface area contributed by atoms with E-state index in [9.17, 15) is 0 Å². The summed E-state index contributed by atoms with van der Waals surface area (Å²) in [5, 5.41) is 8.92. The third-order valence-corrected chi connectivity index (χ3v) is 1.54. The maximum atomic E-state index is 8.92. The molecule has 1 unspecified atom stereocenters. The molecular weight excluding hydrogens is 104 g/mol. The molecule has 2 nitrogen and oxygen atoms in total. The van der Waals surface area contributed by atoms with Gasteiger partial charge in [-0.3, -0.25) is 0 Å². The monoisotopic (exact) mass is 114 g/mol. The maximum absolute atomic E-state index is 8.92. The Morgan fingerprint density at radius 2 is 2.38 bits per heavy atom. The Morgan fingerprint density at radius 1 is 1.75 bits per heavy atom. The highest BCUT2D eigenvalue weighted by atomic mass is 16.5. The second kappa shape index (κ2) is 1.78. The van der Waals surface area contributed by atoms with Crippen LogP contribution in [-0.4, -0.2) is 17.8 Å². The van der Waals surface area contributed by atoms with Gasteiger partial charge in [-0.05, 0) is 19.4 Å². The molecule has 0 aliphatic carbocycles. The first kappa shape index (κ1) is 5.63. The van der Waals surface area contributed by atoms with Crippen molar-refractivity contribution in [3.05, 3.63) is 11.3 Å². The van der Waals surface area contributed by atoms with Crippen molar-refractivity contribution in [2.45, 2.75) is 20.0 Å². The zero-order chi connectivity index (χ0) is 6.15. The summed E-state index contributed by atoms with van der Waals surface area (Å²) in [6.45, 7) is 4.21. The van der Waals surface area contributed by atoms with Crippen molar-refractivity contribution in [1.29, 1.82) is 0 Å². The van der Waals surface area contributed by atoms with Crippen LogP contribution in [0.25, 0.3) is 0 Å². The van der Waals surface area contributed by atoms with E-state index in [0.29, 0.717) is 12.4 Å². The third kappa shape index (κ3) is 0.713. The molecule has 46 valence electrons. The molecule has 0 bridgehead atoms. The lowest BCUT2D eigenvalue weighted by atomic mass is 10.2. The zero-order valence-electron chi connectivity index (χ0n) is 5.14. The van der Waals surface area contributed by atoms with Gasteiger partial charge in [-0.15, -0.1) is 0 Å². The summed E-state index contributed by atoms with van der Waals surface area (Å²) in [7, 11) is 0. The number of rotatable bonds is 0. The van der Waals surface area contributed by atoms with E-state index >= 15 is 0 Å². The molecule has 1 atom stereocenters. The number of ether oxygens (including phenoxy) is 1. The van der Waals surface area contributed by atoms with Crippen molar-refractivity contribution in [3.8, 4) is 0 Å². The summed E-state index contributed by atoms with van der Waals surface area (Å²) >= 11 is 0. The lowest BCUT2D eigenvalue weighted by Gasteiger charge is -1.99. The first-order chi connectivity index (χ1) is 3.72. The quantitative estimate of drug-likeness (QED) is 0.513. The van der Waals surface area contributed by atoms with E-state index in [1.54, 1.807) is 0 Å². The molecular formula is C6H10O2. The average Bonchev–Trinajstić information content (AvgIpc) is 1.98. The molecule has 1 heterocycles. The highest BCUT2D eigenvalue weighted by Gasteiger charge is 2.16. The largest absolute Gasteiger partial charge is 0.510 e. The van der Waals surface area contributed by atoms with Crippen molar-refractivity contribution in [3.63, 3.8) is 0 Å². The molecule has 0 saturated heterocycles. The van der Waals surface area contributed by atoms with Gasteiger partial charge in [0.25, 0.3) is 0 Å². The van der Waals surface area contributed by atoms with Gasteiger partial charge < -0.3 is 9.84 Å². The molecule has 2 heteroatoms. The van der Waals surface area contributed by atoms with Crippen LogP contribution in [0, 0.1) is 0 Å². The molecule has 0 aromatic carbocycles. The Morgan fingerprint density at radius 3 is 2.50 bits per heavy atom. The fraction of sp³-hybridized carbons (Fsp3) is 0.667. The standard InChI is InChI=1S/C6H10O2/c1-4-5(2)8-3-6(4)7/h5,7H,3H2,1-2H3. The second-order valence-corrected chi connectivity index (χ2v) is 2.08. The summed E-state index contributed by atoms with van der Waals surface area (Å²) in [5.74, 6) is 0.400. The number of aliphatic hydroxyl groups is 1. The smallest absolute Gasteiger partial charge is 0.119 e. The van der Waals surface area contributed by atoms with Crippen molar-refractivity contribution >= 4 is 0 Å². The number of hydrogen-bond acceptors (Lipinski definition) is 2. The van der Waals surface area contributed by atoms with E-state index in [4.69, 9.17) is 9.84 Å².